The molecule has 0 aliphatic heterocycles. The Labute approximate surface area is 108 Å². The third kappa shape index (κ3) is 3.35. The van der Waals surface area contributed by atoms with Crippen molar-refractivity contribution in [3.8, 4) is 11.3 Å². The lowest BCUT2D eigenvalue weighted by atomic mass is 10.1. The summed E-state index contributed by atoms with van der Waals surface area (Å²) in [7, 11) is 0. The zero-order valence-electron chi connectivity index (χ0n) is 10.3. The highest BCUT2D eigenvalue weighted by molar-refractivity contribution is 5.59. The van der Waals surface area contributed by atoms with Crippen molar-refractivity contribution in [1.29, 1.82) is 0 Å². The molecule has 1 heterocycles. The molecule has 1 aromatic carbocycles. The molecule has 102 valence electrons. The Morgan fingerprint density at radius 3 is 2.42 bits per heavy atom. The standard InChI is InChI=1S/C13H14F3N3/c1-8(17)6-12-18-7-11(19-12)9-2-4-10(5-3-9)13(14,15)16/h2-5,7-8H,6,17H2,1H3,(H,18,19). The molecule has 0 fully saturated rings. The summed E-state index contributed by atoms with van der Waals surface area (Å²) in [4.78, 5) is 7.19. The van der Waals surface area contributed by atoms with E-state index in [1.54, 1.807) is 6.20 Å². The maximum Gasteiger partial charge on any atom is 0.416 e. The van der Waals surface area contributed by atoms with E-state index in [2.05, 4.69) is 9.97 Å². The summed E-state index contributed by atoms with van der Waals surface area (Å²) in [5.41, 5.74) is 6.34. The quantitative estimate of drug-likeness (QED) is 0.900. The second kappa shape index (κ2) is 5.05. The lowest BCUT2D eigenvalue weighted by Gasteiger charge is -2.06. The van der Waals surface area contributed by atoms with Gasteiger partial charge in [0.15, 0.2) is 0 Å². The average Bonchev–Trinajstić information content (AvgIpc) is 2.75. The number of aromatic nitrogens is 2. The van der Waals surface area contributed by atoms with Crippen LogP contribution >= 0.6 is 0 Å². The van der Waals surface area contributed by atoms with Gasteiger partial charge in [0, 0.05) is 12.5 Å². The molecule has 0 bridgehead atoms. The number of nitrogens with one attached hydrogen (secondary N) is 1. The second-order valence-corrected chi connectivity index (χ2v) is 4.50. The lowest BCUT2D eigenvalue weighted by Crippen LogP contribution is -2.18. The van der Waals surface area contributed by atoms with Gasteiger partial charge in [0.05, 0.1) is 17.5 Å². The van der Waals surface area contributed by atoms with Gasteiger partial charge in [0.25, 0.3) is 0 Å². The largest absolute Gasteiger partial charge is 0.416 e. The highest BCUT2D eigenvalue weighted by atomic mass is 19.4. The van der Waals surface area contributed by atoms with Gasteiger partial charge in [-0.05, 0) is 24.6 Å². The molecule has 1 unspecified atom stereocenters. The number of nitrogens with two attached hydrogens (primary N) is 1. The number of H-pyrrole nitrogens is 1. The van der Waals surface area contributed by atoms with Crippen LogP contribution in [0.5, 0.6) is 0 Å². The van der Waals surface area contributed by atoms with Crippen molar-refractivity contribution < 1.29 is 13.2 Å². The zero-order valence-corrected chi connectivity index (χ0v) is 10.3. The summed E-state index contributed by atoms with van der Waals surface area (Å²) in [5.74, 6) is 0.727. The maximum absolute atomic E-state index is 12.4. The van der Waals surface area contributed by atoms with Crippen molar-refractivity contribution in [2.75, 3.05) is 0 Å². The Morgan fingerprint density at radius 1 is 1.26 bits per heavy atom. The fraction of sp³-hybridized carbons (Fsp3) is 0.308. The molecule has 6 heteroatoms. The first kappa shape index (κ1) is 13.6. The van der Waals surface area contributed by atoms with Gasteiger partial charge in [-0.15, -0.1) is 0 Å². The van der Waals surface area contributed by atoms with Gasteiger partial charge in [-0.3, -0.25) is 0 Å². The highest BCUT2D eigenvalue weighted by Gasteiger charge is 2.29. The van der Waals surface area contributed by atoms with Crippen LogP contribution in [0.15, 0.2) is 30.5 Å². The van der Waals surface area contributed by atoms with Crippen molar-refractivity contribution in [2.24, 2.45) is 5.73 Å². The van der Waals surface area contributed by atoms with Crippen LogP contribution in [0.4, 0.5) is 13.2 Å². The Balaban J connectivity index is 2.20. The van der Waals surface area contributed by atoms with Gasteiger partial charge >= 0.3 is 6.18 Å². The van der Waals surface area contributed by atoms with Gasteiger partial charge in [-0.2, -0.15) is 13.2 Å². The molecule has 0 amide bonds. The third-order valence-electron chi connectivity index (χ3n) is 2.67. The first-order valence-corrected chi connectivity index (χ1v) is 5.83. The van der Waals surface area contributed by atoms with E-state index >= 15 is 0 Å². The number of imidazole rings is 1. The molecule has 0 saturated carbocycles. The fourth-order valence-electron chi connectivity index (χ4n) is 1.76. The molecule has 1 aromatic heterocycles. The lowest BCUT2D eigenvalue weighted by molar-refractivity contribution is -0.137. The first-order valence-electron chi connectivity index (χ1n) is 5.83. The van der Waals surface area contributed by atoms with Gasteiger partial charge in [-0.25, -0.2) is 4.98 Å². The monoisotopic (exact) mass is 269 g/mol. The third-order valence-corrected chi connectivity index (χ3v) is 2.67. The van der Waals surface area contributed by atoms with Crippen molar-refractivity contribution >= 4 is 0 Å². The second-order valence-electron chi connectivity index (χ2n) is 4.50. The van der Waals surface area contributed by atoms with Gasteiger partial charge in [0.1, 0.15) is 5.82 Å². The minimum absolute atomic E-state index is 0.0217. The number of alkyl halides is 3. The van der Waals surface area contributed by atoms with Crippen LogP contribution in [-0.2, 0) is 12.6 Å². The molecule has 2 aromatic rings. The summed E-state index contributed by atoms with van der Waals surface area (Å²) >= 11 is 0. The van der Waals surface area contributed by atoms with E-state index in [4.69, 9.17) is 5.73 Å². The van der Waals surface area contributed by atoms with E-state index in [9.17, 15) is 13.2 Å². The minimum Gasteiger partial charge on any atom is -0.342 e. The zero-order chi connectivity index (χ0) is 14.0. The smallest absolute Gasteiger partial charge is 0.342 e. The van der Waals surface area contributed by atoms with E-state index in [1.165, 1.54) is 12.1 Å². The molecule has 0 spiro atoms. The maximum atomic E-state index is 12.4. The minimum atomic E-state index is -4.31. The van der Waals surface area contributed by atoms with Gasteiger partial charge in [0.2, 0.25) is 0 Å². The highest BCUT2D eigenvalue weighted by Crippen LogP contribution is 2.30. The number of hydrogen-bond donors (Lipinski definition) is 2. The van der Waals surface area contributed by atoms with Crippen LogP contribution in [0.2, 0.25) is 0 Å². The van der Waals surface area contributed by atoms with Gasteiger partial charge < -0.3 is 10.7 Å². The van der Waals surface area contributed by atoms with Crippen LogP contribution < -0.4 is 5.73 Å². The number of benzene rings is 1. The Hall–Kier alpha value is -1.82. The molecule has 3 nitrogen and oxygen atoms in total. The van der Waals surface area contributed by atoms with Crippen molar-refractivity contribution in [3.05, 3.63) is 41.9 Å². The topological polar surface area (TPSA) is 54.7 Å². The van der Waals surface area contributed by atoms with E-state index < -0.39 is 11.7 Å². The molecule has 0 aliphatic carbocycles. The Morgan fingerprint density at radius 2 is 1.89 bits per heavy atom. The summed E-state index contributed by atoms with van der Waals surface area (Å²) < 4.78 is 37.3. The molecule has 3 N–H and O–H groups in total. The SMILES string of the molecule is CC(N)Cc1ncc(-c2ccc(C(F)(F)F)cc2)[nH]1. The molecular formula is C13H14F3N3. The summed E-state index contributed by atoms with van der Waals surface area (Å²) in [6.07, 6.45) is -2.12. The van der Waals surface area contributed by atoms with Crippen LogP contribution in [0.25, 0.3) is 11.3 Å². The molecule has 1 atom stereocenters. The van der Waals surface area contributed by atoms with Crippen molar-refractivity contribution in [3.63, 3.8) is 0 Å². The van der Waals surface area contributed by atoms with Crippen LogP contribution in [0.3, 0.4) is 0 Å². The first-order chi connectivity index (χ1) is 8.86. The van der Waals surface area contributed by atoms with E-state index in [0.717, 1.165) is 18.0 Å². The normalized spacial score (nSPS) is 13.5. The van der Waals surface area contributed by atoms with Crippen LogP contribution in [-0.4, -0.2) is 16.0 Å². The molecule has 0 aliphatic rings. The van der Waals surface area contributed by atoms with E-state index in [1.807, 2.05) is 6.92 Å². The van der Waals surface area contributed by atoms with Gasteiger partial charge in [-0.1, -0.05) is 12.1 Å². The Kier molecular flexibility index (Phi) is 3.61. The van der Waals surface area contributed by atoms with Crippen LogP contribution in [0.1, 0.15) is 18.3 Å². The number of hydrogen-bond acceptors (Lipinski definition) is 2. The molecule has 2 rings (SSSR count). The fourth-order valence-corrected chi connectivity index (χ4v) is 1.76. The molecule has 0 radical (unpaired) electrons. The molecular weight excluding hydrogens is 255 g/mol. The number of rotatable bonds is 3. The predicted molar refractivity (Wildman–Crippen MR) is 66.4 cm³/mol. The average molecular weight is 269 g/mol. The van der Waals surface area contributed by atoms with E-state index in [0.29, 0.717) is 17.7 Å². The molecule has 0 saturated heterocycles. The predicted octanol–water partition coefficient (Wildman–Crippen LogP) is 2.99. The molecule has 19 heavy (non-hydrogen) atoms. The number of halogens is 3. The summed E-state index contributed by atoms with van der Waals surface area (Å²) in [6.45, 7) is 1.86. The number of aromatic amines is 1. The Bertz CT molecular complexity index is 541. The van der Waals surface area contributed by atoms with E-state index in [-0.39, 0.29) is 6.04 Å². The van der Waals surface area contributed by atoms with Crippen molar-refractivity contribution in [1.82, 2.24) is 9.97 Å². The summed E-state index contributed by atoms with van der Waals surface area (Å²) in [5, 5.41) is 0. The van der Waals surface area contributed by atoms with Crippen molar-refractivity contribution in [2.45, 2.75) is 25.6 Å². The number of nitrogens with zero attached hydrogens (tertiary/aromatic N) is 1. The van der Waals surface area contributed by atoms with Crippen LogP contribution in [0, 0.1) is 0 Å². The summed E-state index contributed by atoms with van der Waals surface area (Å²) in [6, 6.07) is 4.94.